The first-order chi connectivity index (χ1) is 12.5. The molecule has 0 radical (unpaired) electrons. The molecule has 138 valence electrons. The molecule has 0 heterocycles. The Bertz CT molecular complexity index is 741. The van der Waals surface area contributed by atoms with Crippen molar-refractivity contribution in [1.82, 2.24) is 0 Å². The summed E-state index contributed by atoms with van der Waals surface area (Å²) in [4.78, 5) is 25.9. The number of esters is 1. The third-order valence-corrected chi connectivity index (χ3v) is 3.99. The Kier molecular flexibility index (Phi) is 7.21. The first-order valence-electron chi connectivity index (χ1n) is 8.93. The second-order valence-corrected chi connectivity index (χ2v) is 5.95. The Morgan fingerprint density at radius 2 is 1.81 bits per heavy atom. The number of amides is 1. The number of carbonyl (C=O) groups excluding carboxylic acids is 2. The quantitative estimate of drug-likeness (QED) is 0.727. The lowest BCUT2D eigenvalue weighted by atomic mass is 10.2. The highest BCUT2D eigenvalue weighted by atomic mass is 16.5. The highest BCUT2D eigenvalue weighted by molar-refractivity contribution is 5.93. The van der Waals surface area contributed by atoms with Gasteiger partial charge in [-0.25, -0.2) is 4.79 Å². The Morgan fingerprint density at radius 1 is 1.08 bits per heavy atom. The van der Waals surface area contributed by atoms with E-state index in [1.807, 2.05) is 50.2 Å². The Balaban J connectivity index is 1.88. The van der Waals surface area contributed by atoms with Gasteiger partial charge >= 0.3 is 5.97 Å². The number of benzene rings is 2. The van der Waals surface area contributed by atoms with E-state index in [9.17, 15) is 9.59 Å². The van der Waals surface area contributed by atoms with Crippen molar-refractivity contribution in [3.05, 3.63) is 59.7 Å². The largest absolute Gasteiger partial charge is 0.462 e. The van der Waals surface area contributed by atoms with Crippen LogP contribution in [0.4, 0.5) is 11.4 Å². The molecule has 0 aliphatic rings. The molecule has 2 rings (SSSR count). The van der Waals surface area contributed by atoms with Crippen LogP contribution in [0.5, 0.6) is 0 Å². The van der Waals surface area contributed by atoms with Crippen molar-refractivity contribution in [3.63, 3.8) is 0 Å². The Hall–Kier alpha value is -2.82. The third-order valence-electron chi connectivity index (χ3n) is 3.99. The minimum atomic E-state index is -0.328. The zero-order valence-electron chi connectivity index (χ0n) is 15.6. The fourth-order valence-corrected chi connectivity index (χ4v) is 2.69. The van der Waals surface area contributed by atoms with E-state index in [1.54, 1.807) is 24.0 Å². The molecule has 0 aliphatic heterocycles. The summed E-state index contributed by atoms with van der Waals surface area (Å²) < 4.78 is 4.96. The van der Waals surface area contributed by atoms with Gasteiger partial charge in [0.2, 0.25) is 5.91 Å². The van der Waals surface area contributed by atoms with Gasteiger partial charge in [0.05, 0.1) is 12.2 Å². The smallest absolute Gasteiger partial charge is 0.338 e. The predicted molar refractivity (Wildman–Crippen MR) is 105 cm³/mol. The predicted octanol–water partition coefficient (Wildman–Crippen LogP) is 4.03. The van der Waals surface area contributed by atoms with Gasteiger partial charge < -0.3 is 15.0 Å². The zero-order chi connectivity index (χ0) is 18.9. The lowest BCUT2D eigenvalue weighted by Gasteiger charge is -2.21. The highest BCUT2D eigenvalue weighted by Gasteiger charge is 2.13. The molecule has 1 amide bonds. The molecule has 0 aliphatic carbocycles. The first-order valence-corrected chi connectivity index (χ1v) is 8.93. The summed E-state index contributed by atoms with van der Waals surface area (Å²) in [5, 5.41) is 3.22. The van der Waals surface area contributed by atoms with Gasteiger partial charge in [-0.1, -0.05) is 12.1 Å². The lowest BCUT2D eigenvalue weighted by molar-refractivity contribution is -0.118. The van der Waals surface area contributed by atoms with Crippen LogP contribution in [0.25, 0.3) is 0 Å². The topological polar surface area (TPSA) is 58.6 Å². The van der Waals surface area contributed by atoms with Crippen LogP contribution in [-0.4, -0.2) is 31.6 Å². The second-order valence-electron chi connectivity index (χ2n) is 5.95. The number of aryl methyl sites for hydroxylation is 1. The van der Waals surface area contributed by atoms with E-state index in [4.69, 9.17) is 4.74 Å². The van der Waals surface area contributed by atoms with Gasteiger partial charge in [-0.05, 0) is 62.7 Å². The molecule has 2 aromatic rings. The number of hydrogen-bond donors (Lipinski definition) is 1. The molecule has 0 atom stereocenters. The van der Waals surface area contributed by atoms with Crippen molar-refractivity contribution in [2.75, 3.05) is 29.9 Å². The van der Waals surface area contributed by atoms with Gasteiger partial charge in [0.1, 0.15) is 0 Å². The van der Waals surface area contributed by atoms with E-state index in [-0.39, 0.29) is 11.9 Å². The van der Waals surface area contributed by atoms with Gasteiger partial charge in [0.15, 0.2) is 0 Å². The minimum Gasteiger partial charge on any atom is -0.462 e. The first kappa shape index (κ1) is 19.5. The highest BCUT2D eigenvalue weighted by Crippen LogP contribution is 2.17. The molecule has 5 nitrogen and oxygen atoms in total. The number of nitrogens with zero attached hydrogens (tertiary/aromatic N) is 1. The molecule has 0 fully saturated rings. The van der Waals surface area contributed by atoms with E-state index in [1.165, 1.54) is 0 Å². The van der Waals surface area contributed by atoms with Crippen LogP contribution in [0, 0.1) is 6.92 Å². The van der Waals surface area contributed by atoms with Crippen molar-refractivity contribution < 1.29 is 14.3 Å². The average Bonchev–Trinajstić information content (AvgIpc) is 2.63. The van der Waals surface area contributed by atoms with Crippen molar-refractivity contribution >= 4 is 23.3 Å². The third kappa shape index (κ3) is 5.34. The second kappa shape index (κ2) is 9.61. The van der Waals surface area contributed by atoms with E-state index in [0.717, 1.165) is 16.9 Å². The standard InChI is InChI=1S/C21H26N2O3/c1-4-23(19-8-6-7-16(3)15-19)20(24)13-14-22-18-11-9-17(10-12-18)21(25)26-5-2/h6-12,15,22H,4-5,13-14H2,1-3H3. The summed E-state index contributed by atoms with van der Waals surface area (Å²) in [6, 6.07) is 15.0. The zero-order valence-corrected chi connectivity index (χ0v) is 15.6. The molecular formula is C21H26N2O3. The summed E-state index contributed by atoms with van der Waals surface area (Å²) in [5.74, 6) is -0.250. The summed E-state index contributed by atoms with van der Waals surface area (Å²) in [6.45, 7) is 7.29. The molecule has 2 aromatic carbocycles. The number of rotatable bonds is 8. The monoisotopic (exact) mass is 354 g/mol. The molecule has 0 unspecified atom stereocenters. The summed E-state index contributed by atoms with van der Waals surface area (Å²) in [7, 11) is 0. The maximum Gasteiger partial charge on any atom is 0.338 e. The van der Waals surface area contributed by atoms with Crippen molar-refractivity contribution in [2.45, 2.75) is 27.2 Å². The number of ether oxygens (including phenoxy) is 1. The molecule has 0 saturated heterocycles. The van der Waals surface area contributed by atoms with Gasteiger partial charge in [-0.15, -0.1) is 0 Å². The van der Waals surface area contributed by atoms with Crippen LogP contribution in [0.1, 0.15) is 36.2 Å². The van der Waals surface area contributed by atoms with Gasteiger partial charge in [-0.2, -0.15) is 0 Å². The van der Waals surface area contributed by atoms with E-state index in [2.05, 4.69) is 5.32 Å². The molecule has 0 saturated carbocycles. The maximum atomic E-state index is 12.5. The van der Waals surface area contributed by atoms with Crippen LogP contribution in [0.2, 0.25) is 0 Å². The van der Waals surface area contributed by atoms with Crippen LogP contribution >= 0.6 is 0 Å². The Labute approximate surface area is 155 Å². The maximum absolute atomic E-state index is 12.5. The lowest BCUT2D eigenvalue weighted by Crippen LogP contribution is -2.31. The van der Waals surface area contributed by atoms with E-state index in [0.29, 0.717) is 31.7 Å². The summed E-state index contributed by atoms with van der Waals surface area (Å²) in [6.07, 6.45) is 0.390. The van der Waals surface area contributed by atoms with Crippen molar-refractivity contribution in [1.29, 1.82) is 0 Å². The molecule has 26 heavy (non-hydrogen) atoms. The molecule has 5 heteroatoms. The van der Waals surface area contributed by atoms with Gasteiger partial charge in [-0.3, -0.25) is 4.79 Å². The summed E-state index contributed by atoms with van der Waals surface area (Å²) >= 11 is 0. The van der Waals surface area contributed by atoms with Crippen molar-refractivity contribution in [2.24, 2.45) is 0 Å². The van der Waals surface area contributed by atoms with E-state index >= 15 is 0 Å². The van der Waals surface area contributed by atoms with Gasteiger partial charge in [0.25, 0.3) is 0 Å². The van der Waals surface area contributed by atoms with Crippen LogP contribution in [-0.2, 0) is 9.53 Å². The fourth-order valence-electron chi connectivity index (χ4n) is 2.69. The van der Waals surface area contributed by atoms with E-state index < -0.39 is 0 Å². The van der Waals surface area contributed by atoms with Gasteiger partial charge in [0, 0.05) is 30.9 Å². The Morgan fingerprint density at radius 3 is 2.42 bits per heavy atom. The molecule has 0 spiro atoms. The minimum absolute atomic E-state index is 0.0775. The van der Waals surface area contributed by atoms with Crippen LogP contribution in [0.3, 0.4) is 0 Å². The number of nitrogens with one attached hydrogen (secondary N) is 1. The average molecular weight is 354 g/mol. The fraction of sp³-hybridized carbons (Fsp3) is 0.333. The summed E-state index contributed by atoms with van der Waals surface area (Å²) in [5.41, 5.74) is 3.44. The SMILES string of the molecule is CCOC(=O)c1ccc(NCCC(=O)N(CC)c2cccc(C)c2)cc1. The van der Waals surface area contributed by atoms with Crippen LogP contribution in [0.15, 0.2) is 48.5 Å². The molecular weight excluding hydrogens is 328 g/mol. The molecule has 1 N–H and O–H groups in total. The molecule has 0 bridgehead atoms. The number of carbonyl (C=O) groups is 2. The number of hydrogen-bond acceptors (Lipinski definition) is 4. The molecule has 0 aromatic heterocycles. The number of anilines is 2. The van der Waals surface area contributed by atoms with Crippen LogP contribution < -0.4 is 10.2 Å². The van der Waals surface area contributed by atoms with Crippen molar-refractivity contribution in [3.8, 4) is 0 Å². The normalized spacial score (nSPS) is 10.3.